The maximum atomic E-state index is 12.1. The maximum absolute atomic E-state index is 12.1. The number of aliphatic hydroxyl groups excluding tert-OH is 1. The van der Waals surface area contributed by atoms with Crippen molar-refractivity contribution < 1.29 is 33.6 Å². The van der Waals surface area contributed by atoms with Crippen LogP contribution in [0.5, 0.6) is 0 Å². The second kappa shape index (κ2) is 13.6. The Morgan fingerprint density at radius 2 is 1.77 bits per heavy atom. The lowest BCUT2D eigenvalue weighted by molar-refractivity contribution is -0.645. The lowest BCUT2D eigenvalue weighted by Crippen LogP contribution is -2.35. The number of carbonyl (C=O) groups is 2. The van der Waals surface area contributed by atoms with Gasteiger partial charge in [-0.2, -0.15) is 4.73 Å². The summed E-state index contributed by atoms with van der Waals surface area (Å²) >= 11 is 1.44. The van der Waals surface area contributed by atoms with E-state index in [1.54, 1.807) is 12.1 Å². The van der Waals surface area contributed by atoms with Crippen molar-refractivity contribution in [2.24, 2.45) is 0 Å². The molecule has 4 rings (SSSR count). The van der Waals surface area contributed by atoms with Crippen LogP contribution in [0.2, 0.25) is 0 Å². The third-order valence-corrected chi connectivity index (χ3v) is 7.40. The van der Waals surface area contributed by atoms with Gasteiger partial charge in [0.15, 0.2) is 18.6 Å². The minimum atomic E-state index is -0.865. The van der Waals surface area contributed by atoms with Crippen LogP contribution in [-0.2, 0) is 37.0 Å². The summed E-state index contributed by atoms with van der Waals surface area (Å²) in [6, 6.07) is 20.5. The number of benzene rings is 2. The van der Waals surface area contributed by atoms with Gasteiger partial charge in [0.2, 0.25) is 0 Å². The standard InChI is InChI=1S/C29H32N2O7S/c1-19(36-20(2)33)28(34)30-16-21-6-12-24(13-7-21)29-37-25(18-39-27-5-3-4-14-31(27)35)15-26(38-29)23-10-8-22(17-32)9-11-23/h3-14,19,25-26,29,32H,15-18H2,1-2H3,(H,30,34). The smallest absolute Gasteiger partial charge is 0.303 e. The lowest BCUT2D eigenvalue weighted by Gasteiger charge is -2.36. The lowest BCUT2D eigenvalue weighted by atomic mass is 10.0. The zero-order chi connectivity index (χ0) is 27.8. The van der Waals surface area contributed by atoms with Crippen LogP contribution in [0.15, 0.2) is 78.0 Å². The molecule has 2 heterocycles. The van der Waals surface area contributed by atoms with Crippen LogP contribution >= 0.6 is 11.8 Å². The zero-order valence-electron chi connectivity index (χ0n) is 21.8. The fraction of sp³-hybridized carbons (Fsp3) is 0.345. The number of ether oxygens (including phenoxy) is 3. The molecule has 4 atom stereocenters. The van der Waals surface area contributed by atoms with Crippen LogP contribution in [0.1, 0.15) is 54.9 Å². The highest BCUT2D eigenvalue weighted by molar-refractivity contribution is 7.99. The van der Waals surface area contributed by atoms with E-state index in [4.69, 9.17) is 14.2 Å². The van der Waals surface area contributed by atoms with Gasteiger partial charge in [0, 0.05) is 43.3 Å². The summed E-state index contributed by atoms with van der Waals surface area (Å²) in [7, 11) is 0. The highest BCUT2D eigenvalue weighted by Gasteiger charge is 2.32. The largest absolute Gasteiger partial charge is 0.618 e. The summed E-state index contributed by atoms with van der Waals surface area (Å²) in [5.41, 5.74) is 3.49. The zero-order valence-corrected chi connectivity index (χ0v) is 22.6. The summed E-state index contributed by atoms with van der Waals surface area (Å²) in [5, 5.41) is 24.9. The molecule has 0 bridgehead atoms. The van der Waals surface area contributed by atoms with E-state index in [-0.39, 0.29) is 31.3 Å². The molecule has 1 aliphatic heterocycles. The van der Waals surface area contributed by atoms with E-state index >= 15 is 0 Å². The second-order valence-electron chi connectivity index (χ2n) is 9.24. The quantitative estimate of drug-likeness (QED) is 0.169. The Labute approximate surface area is 231 Å². The van der Waals surface area contributed by atoms with E-state index in [0.717, 1.165) is 27.0 Å². The molecule has 206 valence electrons. The summed E-state index contributed by atoms with van der Waals surface area (Å²) < 4.78 is 18.4. The molecule has 0 aliphatic carbocycles. The van der Waals surface area contributed by atoms with Crippen LogP contribution < -0.4 is 10.0 Å². The van der Waals surface area contributed by atoms with Crippen molar-refractivity contribution in [1.82, 2.24) is 5.32 Å². The monoisotopic (exact) mass is 552 g/mol. The normalized spacial score (nSPS) is 19.7. The molecule has 10 heteroatoms. The van der Waals surface area contributed by atoms with Gasteiger partial charge in [0.1, 0.15) is 0 Å². The van der Waals surface area contributed by atoms with E-state index in [0.29, 0.717) is 17.2 Å². The Hall–Kier alpha value is -3.44. The predicted octanol–water partition coefficient (Wildman–Crippen LogP) is 3.72. The number of amides is 1. The Bertz CT molecular complexity index is 1250. The SMILES string of the molecule is CC(=O)OC(C)C(=O)NCc1ccc(C2OC(CSc3cccc[n+]3[O-])CC(c3ccc(CO)cc3)O2)cc1. The first-order valence-electron chi connectivity index (χ1n) is 12.7. The van der Waals surface area contributed by atoms with E-state index in [9.17, 15) is 19.9 Å². The number of thioether (sulfide) groups is 1. The minimum absolute atomic E-state index is 0.0292. The van der Waals surface area contributed by atoms with Gasteiger partial charge in [-0.1, -0.05) is 60.3 Å². The molecular weight excluding hydrogens is 520 g/mol. The van der Waals surface area contributed by atoms with Crippen molar-refractivity contribution in [2.75, 3.05) is 5.75 Å². The van der Waals surface area contributed by atoms with E-state index < -0.39 is 18.4 Å². The van der Waals surface area contributed by atoms with Crippen LogP contribution in [0, 0.1) is 5.21 Å². The molecule has 1 saturated heterocycles. The van der Waals surface area contributed by atoms with Crippen molar-refractivity contribution in [1.29, 1.82) is 0 Å². The Morgan fingerprint density at radius 1 is 1.08 bits per heavy atom. The first-order valence-corrected chi connectivity index (χ1v) is 13.7. The van der Waals surface area contributed by atoms with E-state index in [2.05, 4.69) is 5.32 Å². The molecule has 0 radical (unpaired) electrons. The predicted molar refractivity (Wildman–Crippen MR) is 144 cm³/mol. The summed E-state index contributed by atoms with van der Waals surface area (Å²) in [5.74, 6) is -0.312. The molecule has 1 aromatic heterocycles. The molecule has 39 heavy (non-hydrogen) atoms. The van der Waals surface area contributed by atoms with Crippen molar-refractivity contribution >= 4 is 23.6 Å². The number of carbonyl (C=O) groups excluding carboxylic acids is 2. The van der Waals surface area contributed by atoms with Crippen molar-refractivity contribution in [3.05, 3.63) is 100 Å². The summed E-state index contributed by atoms with van der Waals surface area (Å²) in [6.45, 7) is 3.03. The van der Waals surface area contributed by atoms with Crippen LogP contribution in [-0.4, -0.2) is 34.9 Å². The van der Waals surface area contributed by atoms with Crippen LogP contribution in [0.25, 0.3) is 0 Å². The van der Waals surface area contributed by atoms with Crippen LogP contribution in [0.3, 0.4) is 0 Å². The maximum Gasteiger partial charge on any atom is 0.303 e. The van der Waals surface area contributed by atoms with Gasteiger partial charge in [-0.25, -0.2) is 0 Å². The molecule has 2 aromatic carbocycles. The number of nitrogens with zero attached hydrogens (tertiary/aromatic N) is 1. The minimum Gasteiger partial charge on any atom is -0.618 e. The fourth-order valence-electron chi connectivity index (χ4n) is 4.15. The van der Waals surface area contributed by atoms with Gasteiger partial charge in [0.25, 0.3) is 10.9 Å². The average Bonchev–Trinajstić information content (AvgIpc) is 2.95. The number of pyridine rings is 1. The highest BCUT2D eigenvalue weighted by Crippen LogP contribution is 2.39. The number of nitrogens with one attached hydrogen (secondary N) is 1. The molecular formula is C29H32N2O7S. The van der Waals surface area contributed by atoms with Gasteiger partial charge in [-0.15, -0.1) is 0 Å². The van der Waals surface area contributed by atoms with Gasteiger partial charge in [-0.05, 0) is 29.7 Å². The average molecular weight is 553 g/mol. The molecule has 0 spiro atoms. The van der Waals surface area contributed by atoms with Crippen LogP contribution in [0.4, 0.5) is 0 Å². The van der Waals surface area contributed by atoms with Gasteiger partial charge in [-0.3, -0.25) is 9.59 Å². The van der Waals surface area contributed by atoms with Crippen molar-refractivity contribution in [2.45, 2.75) is 63.0 Å². The Morgan fingerprint density at radius 3 is 2.44 bits per heavy atom. The Balaban J connectivity index is 1.45. The summed E-state index contributed by atoms with van der Waals surface area (Å²) in [4.78, 5) is 23.2. The molecule has 3 aromatic rings. The summed E-state index contributed by atoms with van der Waals surface area (Å²) in [6.07, 6.45) is 0.170. The second-order valence-corrected chi connectivity index (χ2v) is 10.3. The Kier molecular flexibility index (Phi) is 9.94. The first kappa shape index (κ1) is 28.6. The number of rotatable bonds is 10. The molecule has 0 saturated carbocycles. The van der Waals surface area contributed by atoms with Gasteiger partial charge < -0.3 is 29.8 Å². The molecule has 1 aliphatic rings. The topological polar surface area (TPSA) is 121 Å². The molecule has 2 N–H and O–H groups in total. The number of aliphatic hydroxyl groups is 1. The fourth-order valence-corrected chi connectivity index (χ4v) is 5.09. The number of hydrogen-bond acceptors (Lipinski definition) is 8. The third kappa shape index (κ3) is 8.03. The number of esters is 1. The molecule has 1 fully saturated rings. The van der Waals surface area contributed by atoms with Gasteiger partial charge >= 0.3 is 5.97 Å². The third-order valence-electron chi connectivity index (χ3n) is 6.25. The van der Waals surface area contributed by atoms with Crippen molar-refractivity contribution in [3.63, 3.8) is 0 Å². The molecule has 1 amide bonds. The van der Waals surface area contributed by atoms with Crippen molar-refractivity contribution in [3.8, 4) is 0 Å². The van der Waals surface area contributed by atoms with Gasteiger partial charge in [0.05, 0.1) is 18.8 Å². The number of aromatic nitrogens is 1. The molecule has 9 nitrogen and oxygen atoms in total. The first-order chi connectivity index (χ1) is 18.8. The van der Waals surface area contributed by atoms with E-state index in [1.807, 2.05) is 54.6 Å². The molecule has 4 unspecified atom stereocenters. The highest BCUT2D eigenvalue weighted by atomic mass is 32.2. The number of hydrogen-bond donors (Lipinski definition) is 2. The van der Waals surface area contributed by atoms with E-state index in [1.165, 1.54) is 31.8 Å².